The van der Waals surface area contributed by atoms with Crippen molar-refractivity contribution in [1.29, 1.82) is 0 Å². The van der Waals surface area contributed by atoms with Crippen molar-refractivity contribution in [3.8, 4) is 11.5 Å². The van der Waals surface area contributed by atoms with E-state index in [-0.39, 0.29) is 23.3 Å². The summed E-state index contributed by atoms with van der Waals surface area (Å²) in [4.78, 5) is 25.5. The van der Waals surface area contributed by atoms with Crippen molar-refractivity contribution < 1.29 is 23.5 Å². The molecule has 0 aliphatic rings. The predicted octanol–water partition coefficient (Wildman–Crippen LogP) is 4.83. The number of carbonyl (C=O) groups is 2. The Hall–Kier alpha value is -3.52. The molecule has 8 heteroatoms. The highest BCUT2D eigenvalue weighted by Crippen LogP contribution is 2.28. The van der Waals surface area contributed by atoms with Crippen LogP contribution in [-0.4, -0.2) is 31.8 Å². The molecule has 0 aromatic heterocycles. The van der Waals surface area contributed by atoms with Crippen molar-refractivity contribution in [3.63, 3.8) is 0 Å². The van der Waals surface area contributed by atoms with E-state index < -0.39 is 5.82 Å². The van der Waals surface area contributed by atoms with Gasteiger partial charge in [-0.3, -0.25) is 9.59 Å². The minimum absolute atomic E-state index is 0.0986. The number of methoxy groups -OCH3 is 2. The van der Waals surface area contributed by atoms with Crippen LogP contribution in [0.4, 0.5) is 15.8 Å². The van der Waals surface area contributed by atoms with Gasteiger partial charge in [0.1, 0.15) is 5.82 Å². The van der Waals surface area contributed by atoms with Crippen LogP contribution in [-0.2, 0) is 4.79 Å². The number of rotatable bonds is 8. The van der Waals surface area contributed by atoms with Crippen LogP contribution in [0.15, 0.2) is 71.6 Å². The first-order valence-corrected chi connectivity index (χ1v) is 10.3. The Bertz CT molecular complexity index is 1090. The molecule has 6 nitrogen and oxygen atoms in total. The summed E-state index contributed by atoms with van der Waals surface area (Å²) in [6.45, 7) is 0. The van der Waals surface area contributed by atoms with Gasteiger partial charge in [0.05, 0.1) is 25.7 Å². The summed E-state index contributed by atoms with van der Waals surface area (Å²) < 4.78 is 24.1. The topological polar surface area (TPSA) is 76.7 Å². The molecular weight excluding hydrogens is 419 g/mol. The van der Waals surface area contributed by atoms with E-state index in [4.69, 9.17) is 9.47 Å². The van der Waals surface area contributed by atoms with Gasteiger partial charge in [-0.25, -0.2) is 4.39 Å². The minimum Gasteiger partial charge on any atom is -0.493 e. The average Bonchev–Trinajstić information content (AvgIpc) is 2.79. The van der Waals surface area contributed by atoms with E-state index in [2.05, 4.69) is 10.6 Å². The number of ether oxygens (including phenoxy) is 2. The number of carbonyl (C=O) groups excluding carboxylic acids is 2. The Morgan fingerprint density at radius 1 is 0.903 bits per heavy atom. The largest absolute Gasteiger partial charge is 0.493 e. The van der Waals surface area contributed by atoms with Crippen LogP contribution in [0.5, 0.6) is 11.5 Å². The van der Waals surface area contributed by atoms with Crippen molar-refractivity contribution in [2.75, 3.05) is 30.6 Å². The summed E-state index contributed by atoms with van der Waals surface area (Å²) in [6.07, 6.45) is 0. The molecule has 160 valence electrons. The molecule has 0 unspecified atom stereocenters. The minimum atomic E-state index is -0.485. The molecular formula is C23H21FN2O4S. The van der Waals surface area contributed by atoms with Crippen LogP contribution in [0.3, 0.4) is 0 Å². The number of hydrogen-bond donors (Lipinski definition) is 2. The van der Waals surface area contributed by atoms with Gasteiger partial charge in [0, 0.05) is 16.1 Å². The molecule has 3 rings (SSSR count). The van der Waals surface area contributed by atoms with E-state index in [0.29, 0.717) is 22.7 Å². The summed E-state index contributed by atoms with van der Waals surface area (Å²) in [7, 11) is 3.03. The smallest absolute Gasteiger partial charge is 0.255 e. The number of hydrogen-bond acceptors (Lipinski definition) is 5. The molecule has 2 N–H and O–H groups in total. The first kappa shape index (κ1) is 22.2. The fraction of sp³-hybridized carbons (Fsp3) is 0.130. The fourth-order valence-corrected chi connectivity index (χ4v) is 3.50. The molecule has 0 saturated carbocycles. The van der Waals surface area contributed by atoms with Crippen LogP contribution in [0.2, 0.25) is 0 Å². The molecule has 0 radical (unpaired) electrons. The molecule has 2 amide bonds. The number of halogens is 1. The lowest BCUT2D eigenvalue weighted by atomic mass is 10.2. The van der Waals surface area contributed by atoms with Crippen LogP contribution >= 0.6 is 11.8 Å². The molecule has 0 fully saturated rings. The lowest BCUT2D eigenvalue weighted by Gasteiger charge is -2.11. The highest BCUT2D eigenvalue weighted by Gasteiger charge is 2.12. The number of para-hydroxylation sites is 1. The van der Waals surface area contributed by atoms with E-state index in [0.717, 1.165) is 4.90 Å². The van der Waals surface area contributed by atoms with Gasteiger partial charge in [-0.1, -0.05) is 18.2 Å². The maximum absolute atomic E-state index is 13.6. The molecule has 0 saturated heterocycles. The van der Waals surface area contributed by atoms with Crippen LogP contribution in [0.1, 0.15) is 10.4 Å². The van der Waals surface area contributed by atoms with Gasteiger partial charge in [-0.15, -0.1) is 11.8 Å². The quantitative estimate of drug-likeness (QED) is 0.491. The first-order chi connectivity index (χ1) is 15.0. The van der Waals surface area contributed by atoms with E-state index in [9.17, 15) is 14.0 Å². The Kier molecular flexibility index (Phi) is 7.50. The lowest BCUT2D eigenvalue weighted by molar-refractivity contribution is -0.113. The highest BCUT2D eigenvalue weighted by atomic mass is 32.2. The Morgan fingerprint density at radius 3 is 2.42 bits per heavy atom. The van der Waals surface area contributed by atoms with Crippen LogP contribution < -0.4 is 20.1 Å². The summed E-state index contributed by atoms with van der Waals surface area (Å²) in [5.41, 5.74) is 1.14. The summed E-state index contributed by atoms with van der Waals surface area (Å²) in [5, 5.41) is 5.37. The van der Waals surface area contributed by atoms with Gasteiger partial charge >= 0.3 is 0 Å². The molecule has 3 aromatic rings. The van der Waals surface area contributed by atoms with Gasteiger partial charge < -0.3 is 20.1 Å². The highest BCUT2D eigenvalue weighted by molar-refractivity contribution is 8.00. The average molecular weight is 440 g/mol. The van der Waals surface area contributed by atoms with Crippen molar-refractivity contribution in [2.45, 2.75) is 4.90 Å². The number of benzene rings is 3. The number of amides is 2. The molecule has 0 heterocycles. The zero-order chi connectivity index (χ0) is 22.2. The fourth-order valence-electron chi connectivity index (χ4n) is 2.74. The summed E-state index contributed by atoms with van der Waals surface area (Å²) >= 11 is 1.28. The van der Waals surface area contributed by atoms with Gasteiger partial charge in [0.2, 0.25) is 5.91 Å². The number of thioether (sulfide) groups is 1. The molecule has 0 aliphatic carbocycles. The van der Waals surface area contributed by atoms with Gasteiger partial charge in [0.15, 0.2) is 11.5 Å². The van der Waals surface area contributed by atoms with Crippen LogP contribution in [0.25, 0.3) is 0 Å². The van der Waals surface area contributed by atoms with E-state index >= 15 is 0 Å². The zero-order valence-electron chi connectivity index (χ0n) is 17.0. The summed E-state index contributed by atoms with van der Waals surface area (Å²) in [6, 6.07) is 18.0. The van der Waals surface area contributed by atoms with Gasteiger partial charge in [-0.05, 0) is 48.5 Å². The first-order valence-electron chi connectivity index (χ1n) is 9.31. The SMILES string of the molecule is COc1ccc(C(=O)Nc2cccc(SCC(=O)Nc3ccccc3F)c2)cc1OC. The predicted molar refractivity (Wildman–Crippen MR) is 120 cm³/mol. The maximum Gasteiger partial charge on any atom is 0.255 e. The number of anilines is 2. The van der Waals surface area contributed by atoms with Gasteiger partial charge in [-0.2, -0.15) is 0 Å². The zero-order valence-corrected chi connectivity index (χ0v) is 17.8. The second-order valence-electron chi connectivity index (χ2n) is 6.37. The van der Waals surface area contributed by atoms with Crippen molar-refractivity contribution in [3.05, 3.63) is 78.1 Å². The van der Waals surface area contributed by atoms with E-state index in [1.54, 1.807) is 48.5 Å². The standard InChI is InChI=1S/C23H21FN2O4S/c1-29-20-11-10-15(12-21(20)30-2)23(28)25-16-6-5-7-17(13-16)31-14-22(27)26-19-9-4-3-8-18(19)24/h3-13H,14H2,1-2H3,(H,25,28)(H,26,27). The lowest BCUT2D eigenvalue weighted by Crippen LogP contribution is -2.15. The summed E-state index contributed by atoms with van der Waals surface area (Å²) in [5.74, 6) is -0.0241. The Labute approximate surface area is 183 Å². The maximum atomic E-state index is 13.6. The Balaban J connectivity index is 1.60. The third-order valence-electron chi connectivity index (χ3n) is 4.26. The van der Waals surface area contributed by atoms with E-state index in [1.165, 1.54) is 38.1 Å². The van der Waals surface area contributed by atoms with Crippen molar-refractivity contribution in [2.24, 2.45) is 0 Å². The Morgan fingerprint density at radius 2 is 1.68 bits per heavy atom. The molecule has 3 aromatic carbocycles. The second kappa shape index (κ2) is 10.5. The second-order valence-corrected chi connectivity index (χ2v) is 7.42. The molecule has 0 bridgehead atoms. The third-order valence-corrected chi connectivity index (χ3v) is 5.25. The molecule has 0 atom stereocenters. The van der Waals surface area contributed by atoms with Crippen LogP contribution in [0, 0.1) is 5.82 Å². The third kappa shape index (κ3) is 5.99. The van der Waals surface area contributed by atoms with Crippen molar-refractivity contribution in [1.82, 2.24) is 0 Å². The molecule has 0 aliphatic heterocycles. The normalized spacial score (nSPS) is 10.3. The molecule has 31 heavy (non-hydrogen) atoms. The number of nitrogens with one attached hydrogen (secondary N) is 2. The molecule has 0 spiro atoms. The van der Waals surface area contributed by atoms with E-state index in [1.807, 2.05) is 6.07 Å². The monoisotopic (exact) mass is 440 g/mol. The van der Waals surface area contributed by atoms with Crippen molar-refractivity contribution >= 4 is 35.0 Å². The van der Waals surface area contributed by atoms with Gasteiger partial charge in [0.25, 0.3) is 5.91 Å².